The van der Waals surface area contributed by atoms with Gasteiger partial charge in [-0.3, -0.25) is 4.79 Å². The van der Waals surface area contributed by atoms with Gasteiger partial charge in [-0.2, -0.15) is 0 Å². The molecule has 2 heteroatoms. The Morgan fingerprint density at radius 2 is 2.30 bits per heavy atom. The van der Waals surface area contributed by atoms with Crippen molar-refractivity contribution in [3.8, 4) is 0 Å². The van der Waals surface area contributed by atoms with E-state index < -0.39 is 0 Å². The van der Waals surface area contributed by atoms with Gasteiger partial charge in [-0.1, -0.05) is 19.6 Å². The maximum atomic E-state index is 10.7. The molecule has 0 radical (unpaired) electrons. The summed E-state index contributed by atoms with van der Waals surface area (Å²) in [7, 11) is 0. The molecule has 0 heterocycles. The summed E-state index contributed by atoms with van der Waals surface area (Å²) in [5, 5.41) is 2.61. The molecule has 0 saturated heterocycles. The van der Waals surface area contributed by atoms with Crippen LogP contribution >= 0.6 is 0 Å². The summed E-state index contributed by atoms with van der Waals surface area (Å²) in [6.45, 7) is 7.30. The molecule has 0 atom stereocenters. The molecule has 1 amide bonds. The third-order valence-electron chi connectivity index (χ3n) is 0.989. The zero-order chi connectivity index (χ0) is 7.98. The second-order valence-corrected chi connectivity index (χ2v) is 1.93. The van der Waals surface area contributed by atoms with Crippen LogP contribution in [0.15, 0.2) is 24.4 Å². The average Bonchev–Trinajstić information content (AvgIpc) is 1.88. The number of rotatable bonds is 3. The van der Waals surface area contributed by atoms with Crippen LogP contribution in [0.4, 0.5) is 0 Å². The van der Waals surface area contributed by atoms with E-state index in [4.69, 9.17) is 0 Å². The minimum Gasteiger partial charge on any atom is -0.327 e. The van der Waals surface area contributed by atoms with Gasteiger partial charge < -0.3 is 5.32 Å². The topological polar surface area (TPSA) is 29.1 Å². The van der Waals surface area contributed by atoms with Crippen LogP contribution in [0.3, 0.4) is 0 Å². The van der Waals surface area contributed by atoms with E-state index in [1.165, 1.54) is 0 Å². The normalized spacial score (nSPS) is 9.80. The molecule has 0 unspecified atom stereocenters. The molecule has 0 fully saturated rings. The number of nitrogens with one attached hydrogen (secondary N) is 1. The first kappa shape index (κ1) is 8.95. The Morgan fingerprint density at radius 3 is 2.70 bits per heavy atom. The molecule has 0 bridgehead atoms. The molecule has 56 valence electrons. The Labute approximate surface area is 61.6 Å². The van der Waals surface area contributed by atoms with Gasteiger partial charge in [-0.25, -0.2) is 0 Å². The van der Waals surface area contributed by atoms with Gasteiger partial charge in [0.05, 0.1) is 0 Å². The molecule has 0 aromatic rings. The zero-order valence-corrected chi connectivity index (χ0v) is 6.48. The third-order valence-corrected chi connectivity index (χ3v) is 0.989. The number of allylic oxidation sites excluding steroid dienone is 2. The molecule has 10 heavy (non-hydrogen) atoms. The van der Waals surface area contributed by atoms with Crippen LogP contribution in [0, 0.1) is 0 Å². The van der Waals surface area contributed by atoms with Crippen LogP contribution in [0.25, 0.3) is 0 Å². The largest absolute Gasteiger partial charge is 0.327 e. The van der Waals surface area contributed by atoms with Gasteiger partial charge in [0, 0.05) is 12.1 Å². The van der Waals surface area contributed by atoms with Crippen LogP contribution in [0.5, 0.6) is 0 Å². The molecule has 2 nitrogen and oxygen atoms in total. The number of hydrogen-bond acceptors (Lipinski definition) is 1. The molecular weight excluding hydrogens is 126 g/mol. The van der Waals surface area contributed by atoms with E-state index in [2.05, 4.69) is 11.9 Å². The van der Waals surface area contributed by atoms with Crippen molar-refractivity contribution < 1.29 is 4.79 Å². The fourth-order valence-corrected chi connectivity index (χ4v) is 0.510. The van der Waals surface area contributed by atoms with Gasteiger partial charge in [0.25, 0.3) is 0 Å². The molecule has 0 aliphatic rings. The second kappa shape index (κ2) is 4.79. The van der Waals surface area contributed by atoms with E-state index >= 15 is 0 Å². The molecule has 0 rings (SSSR count). The van der Waals surface area contributed by atoms with Gasteiger partial charge >= 0.3 is 0 Å². The van der Waals surface area contributed by atoms with Crippen molar-refractivity contribution in [2.75, 3.05) is 0 Å². The molecule has 0 aliphatic heterocycles. The maximum Gasteiger partial charge on any atom is 0.224 e. The van der Waals surface area contributed by atoms with Crippen LogP contribution in [-0.4, -0.2) is 5.91 Å². The molecule has 0 saturated carbocycles. The highest BCUT2D eigenvalue weighted by Crippen LogP contribution is 1.87. The number of amides is 1. The Bertz CT molecular complexity index is 159. The van der Waals surface area contributed by atoms with E-state index in [1.54, 1.807) is 13.0 Å². The maximum absolute atomic E-state index is 10.7. The smallest absolute Gasteiger partial charge is 0.224 e. The van der Waals surface area contributed by atoms with Gasteiger partial charge in [0.15, 0.2) is 0 Å². The lowest BCUT2D eigenvalue weighted by Crippen LogP contribution is -2.19. The van der Waals surface area contributed by atoms with Crippen LogP contribution < -0.4 is 5.32 Å². The van der Waals surface area contributed by atoms with Crippen molar-refractivity contribution in [3.63, 3.8) is 0 Å². The Balaban J connectivity index is 3.68. The molecule has 0 aliphatic carbocycles. The molecule has 1 N–H and O–H groups in total. The van der Waals surface area contributed by atoms with Crippen molar-refractivity contribution >= 4 is 5.91 Å². The van der Waals surface area contributed by atoms with E-state index in [9.17, 15) is 4.79 Å². The number of hydrogen-bond donors (Lipinski definition) is 1. The van der Waals surface area contributed by atoms with Gasteiger partial charge in [0.2, 0.25) is 5.91 Å². The molecule has 0 spiro atoms. The van der Waals surface area contributed by atoms with Crippen LogP contribution in [0.2, 0.25) is 0 Å². The molecule has 0 aromatic heterocycles. The van der Waals surface area contributed by atoms with Gasteiger partial charge in [-0.15, -0.1) is 0 Å². The van der Waals surface area contributed by atoms with E-state index in [0.717, 1.165) is 0 Å². The van der Waals surface area contributed by atoms with Crippen molar-refractivity contribution in [2.45, 2.75) is 20.3 Å². The van der Waals surface area contributed by atoms with Crippen molar-refractivity contribution in [1.29, 1.82) is 0 Å². The first-order valence-electron chi connectivity index (χ1n) is 3.32. The van der Waals surface area contributed by atoms with E-state index in [1.807, 2.05) is 13.0 Å². The average molecular weight is 139 g/mol. The Kier molecular flexibility index (Phi) is 4.29. The minimum absolute atomic E-state index is 0.00287. The Morgan fingerprint density at radius 1 is 1.70 bits per heavy atom. The van der Waals surface area contributed by atoms with E-state index in [0.29, 0.717) is 12.1 Å². The molecule has 0 aromatic carbocycles. The summed E-state index contributed by atoms with van der Waals surface area (Å²) in [4.78, 5) is 10.7. The standard InChI is InChI=1S/C8H13NO/c1-4-6-7(3)9-8(10)5-2/h4,6H,3,5H2,1-2H3,(H,9,10). The minimum atomic E-state index is 0.00287. The quantitative estimate of drug-likeness (QED) is 0.591. The lowest BCUT2D eigenvalue weighted by molar-refractivity contribution is -0.119. The monoisotopic (exact) mass is 139 g/mol. The fraction of sp³-hybridized carbons (Fsp3) is 0.375. The Hall–Kier alpha value is -1.05. The van der Waals surface area contributed by atoms with Crippen LogP contribution in [0.1, 0.15) is 20.3 Å². The lowest BCUT2D eigenvalue weighted by Gasteiger charge is -1.99. The number of carbonyl (C=O) groups is 1. The predicted molar refractivity (Wildman–Crippen MR) is 42.4 cm³/mol. The van der Waals surface area contributed by atoms with Crippen molar-refractivity contribution in [3.05, 3.63) is 24.4 Å². The van der Waals surface area contributed by atoms with Gasteiger partial charge in [-0.05, 0) is 13.0 Å². The summed E-state index contributed by atoms with van der Waals surface area (Å²) in [5.41, 5.74) is 0.648. The van der Waals surface area contributed by atoms with Crippen LogP contribution in [-0.2, 0) is 4.79 Å². The summed E-state index contributed by atoms with van der Waals surface area (Å²) in [6.07, 6.45) is 4.09. The highest BCUT2D eigenvalue weighted by atomic mass is 16.1. The SMILES string of the molecule is C=C(C=CC)NC(=O)CC. The highest BCUT2D eigenvalue weighted by Gasteiger charge is 1.94. The van der Waals surface area contributed by atoms with E-state index in [-0.39, 0.29) is 5.91 Å². The second-order valence-electron chi connectivity index (χ2n) is 1.93. The first-order valence-corrected chi connectivity index (χ1v) is 3.32. The summed E-state index contributed by atoms with van der Waals surface area (Å²) < 4.78 is 0. The van der Waals surface area contributed by atoms with Crippen molar-refractivity contribution in [1.82, 2.24) is 5.32 Å². The summed E-state index contributed by atoms with van der Waals surface area (Å²) >= 11 is 0. The zero-order valence-electron chi connectivity index (χ0n) is 6.48. The lowest BCUT2D eigenvalue weighted by atomic mass is 10.4. The predicted octanol–water partition coefficient (Wildman–Crippen LogP) is 1.60. The summed E-state index contributed by atoms with van der Waals surface area (Å²) in [6, 6.07) is 0. The summed E-state index contributed by atoms with van der Waals surface area (Å²) in [5.74, 6) is 0.00287. The highest BCUT2D eigenvalue weighted by molar-refractivity contribution is 5.77. The fourth-order valence-electron chi connectivity index (χ4n) is 0.510. The third kappa shape index (κ3) is 3.89. The first-order chi connectivity index (χ1) is 4.70. The number of carbonyl (C=O) groups excluding carboxylic acids is 1. The van der Waals surface area contributed by atoms with Gasteiger partial charge in [0.1, 0.15) is 0 Å². The van der Waals surface area contributed by atoms with Crippen molar-refractivity contribution in [2.24, 2.45) is 0 Å². The molecular formula is C8H13NO.